The summed E-state index contributed by atoms with van der Waals surface area (Å²) in [5.41, 5.74) is 0.648. The molecule has 1 aromatic carbocycles. The normalized spacial score (nSPS) is 10.5. The molecule has 2 N–H and O–H groups in total. The molecule has 0 saturated heterocycles. The quantitative estimate of drug-likeness (QED) is 0.808. The van der Waals surface area contributed by atoms with E-state index >= 15 is 0 Å². The molecule has 2 amide bonds. The first-order valence-electron chi connectivity index (χ1n) is 6.98. The van der Waals surface area contributed by atoms with Crippen molar-refractivity contribution in [3.05, 3.63) is 29.8 Å². The van der Waals surface area contributed by atoms with Crippen LogP contribution in [0.5, 0.6) is 0 Å². The number of rotatable bonds is 7. The second kappa shape index (κ2) is 8.26. The van der Waals surface area contributed by atoms with E-state index in [-0.39, 0.29) is 11.6 Å². The van der Waals surface area contributed by atoms with E-state index in [4.69, 9.17) is 5.11 Å². The van der Waals surface area contributed by atoms with Crippen molar-refractivity contribution in [3.63, 3.8) is 0 Å². The van der Waals surface area contributed by atoms with Crippen LogP contribution in [0.2, 0.25) is 0 Å². The SMILES string of the molecule is CCN(CCCN(C)C)C(=O)Nc1cccc(C(=O)O)c1. The average Bonchev–Trinajstić information content (AvgIpc) is 2.43. The minimum absolute atomic E-state index is 0.156. The lowest BCUT2D eigenvalue weighted by Gasteiger charge is -2.22. The van der Waals surface area contributed by atoms with Gasteiger partial charge in [0.1, 0.15) is 0 Å². The van der Waals surface area contributed by atoms with Crippen molar-refractivity contribution in [2.45, 2.75) is 13.3 Å². The van der Waals surface area contributed by atoms with Gasteiger partial charge in [-0.1, -0.05) is 6.07 Å². The highest BCUT2D eigenvalue weighted by atomic mass is 16.4. The van der Waals surface area contributed by atoms with E-state index < -0.39 is 5.97 Å². The topological polar surface area (TPSA) is 72.9 Å². The van der Waals surface area contributed by atoms with Gasteiger partial charge in [0.25, 0.3) is 0 Å². The summed E-state index contributed by atoms with van der Waals surface area (Å²) < 4.78 is 0. The van der Waals surface area contributed by atoms with Gasteiger partial charge in [-0.05, 0) is 52.2 Å². The molecule has 0 spiro atoms. The number of amides is 2. The average molecular weight is 293 g/mol. The molecule has 0 heterocycles. The maximum atomic E-state index is 12.2. The largest absolute Gasteiger partial charge is 0.478 e. The number of nitrogens with zero attached hydrogens (tertiary/aromatic N) is 2. The Morgan fingerprint density at radius 1 is 1.24 bits per heavy atom. The Morgan fingerprint density at radius 3 is 2.52 bits per heavy atom. The summed E-state index contributed by atoms with van der Waals surface area (Å²) in [6.07, 6.45) is 0.892. The number of urea groups is 1. The van der Waals surface area contributed by atoms with Crippen LogP contribution in [0.15, 0.2) is 24.3 Å². The molecule has 0 saturated carbocycles. The van der Waals surface area contributed by atoms with Crippen molar-refractivity contribution in [2.75, 3.05) is 39.0 Å². The summed E-state index contributed by atoms with van der Waals surface area (Å²) >= 11 is 0. The zero-order valence-electron chi connectivity index (χ0n) is 12.8. The number of aromatic carboxylic acids is 1. The molecule has 0 aromatic heterocycles. The molecule has 0 unspecified atom stereocenters. The smallest absolute Gasteiger partial charge is 0.335 e. The van der Waals surface area contributed by atoms with Crippen LogP contribution >= 0.6 is 0 Å². The van der Waals surface area contributed by atoms with Gasteiger partial charge in [0.2, 0.25) is 0 Å². The van der Waals surface area contributed by atoms with Crippen molar-refractivity contribution in [3.8, 4) is 0 Å². The van der Waals surface area contributed by atoms with Gasteiger partial charge >= 0.3 is 12.0 Å². The highest BCUT2D eigenvalue weighted by Crippen LogP contribution is 2.11. The molecule has 6 heteroatoms. The molecule has 21 heavy (non-hydrogen) atoms. The highest BCUT2D eigenvalue weighted by Gasteiger charge is 2.12. The fourth-order valence-electron chi connectivity index (χ4n) is 1.91. The molecule has 0 radical (unpaired) electrons. The molecule has 0 aliphatic heterocycles. The lowest BCUT2D eigenvalue weighted by molar-refractivity contribution is 0.0697. The molecule has 1 aromatic rings. The van der Waals surface area contributed by atoms with E-state index in [1.54, 1.807) is 17.0 Å². The zero-order valence-corrected chi connectivity index (χ0v) is 12.8. The Kier molecular flexibility index (Phi) is 6.68. The summed E-state index contributed by atoms with van der Waals surface area (Å²) in [7, 11) is 3.99. The van der Waals surface area contributed by atoms with Crippen LogP contribution in [-0.2, 0) is 0 Å². The van der Waals surface area contributed by atoms with Crippen molar-refractivity contribution in [1.29, 1.82) is 0 Å². The highest BCUT2D eigenvalue weighted by molar-refractivity contribution is 5.93. The number of hydrogen-bond donors (Lipinski definition) is 2. The predicted octanol–water partition coefficient (Wildman–Crippen LogP) is 2.19. The van der Waals surface area contributed by atoms with E-state index in [2.05, 4.69) is 10.2 Å². The first-order chi connectivity index (χ1) is 9.93. The van der Waals surface area contributed by atoms with Gasteiger partial charge in [-0.3, -0.25) is 0 Å². The van der Waals surface area contributed by atoms with Gasteiger partial charge in [0, 0.05) is 18.8 Å². The van der Waals surface area contributed by atoms with E-state index in [9.17, 15) is 9.59 Å². The Labute approximate surface area is 125 Å². The lowest BCUT2D eigenvalue weighted by atomic mass is 10.2. The summed E-state index contributed by atoms with van der Waals surface area (Å²) in [4.78, 5) is 26.8. The van der Waals surface area contributed by atoms with Crippen LogP contribution in [0.3, 0.4) is 0 Å². The molecule has 0 bridgehead atoms. The number of carbonyl (C=O) groups is 2. The fraction of sp³-hybridized carbons (Fsp3) is 0.467. The number of nitrogens with one attached hydrogen (secondary N) is 1. The van der Waals surface area contributed by atoms with Crippen LogP contribution in [0.4, 0.5) is 10.5 Å². The molecule has 0 aliphatic rings. The number of carboxylic acid groups (broad SMARTS) is 1. The third kappa shape index (κ3) is 5.83. The Morgan fingerprint density at radius 2 is 1.95 bits per heavy atom. The zero-order chi connectivity index (χ0) is 15.8. The second-order valence-electron chi connectivity index (χ2n) is 5.05. The monoisotopic (exact) mass is 293 g/mol. The van der Waals surface area contributed by atoms with E-state index in [1.807, 2.05) is 21.0 Å². The van der Waals surface area contributed by atoms with Gasteiger partial charge in [-0.25, -0.2) is 9.59 Å². The Bertz CT molecular complexity index is 489. The van der Waals surface area contributed by atoms with Crippen LogP contribution < -0.4 is 5.32 Å². The van der Waals surface area contributed by atoms with Crippen molar-refractivity contribution < 1.29 is 14.7 Å². The van der Waals surface area contributed by atoms with Crippen LogP contribution in [-0.4, -0.2) is 60.6 Å². The Hall–Kier alpha value is -2.08. The molecule has 116 valence electrons. The first-order valence-corrected chi connectivity index (χ1v) is 6.98. The van der Waals surface area contributed by atoms with Gasteiger partial charge in [0.05, 0.1) is 5.56 Å². The predicted molar refractivity (Wildman–Crippen MR) is 82.8 cm³/mol. The van der Waals surface area contributed by atoms with Crippen molar-refractivity contribution in [2.24, 2.45) is 0 Å². The second-order valence-corrected chi connectivity index (χ2v) is 5.05. The minimum Gasteiger partial charge on any atom is -0.478 e. The molecule has 0 atom stereocenters. The molecule has 0 aliphatic carbocycles. The van der Waals surface area contributed by atoms with E-state index in [0.717, 1.165) is 13.0 Å². The van der Waals surface area contributed by atoms with Crippen molar-refractivity contribution in [1.82, 2.24) is 9.80 Å². The summed E-state index contributed by atoms with van der Waals surface area (Å²) in [5, 5.41) is 11.7. The fourth-order valence-corrected chi connectivity index (χ4v) is 1.91. The maximum Gasteiger partial charge on any atom is 0.335 e. The number of hydrogen-bond acceptors (Lipinski definition) is 3. The van der Waals surface area contributed by atoms with Gasteiger partial charge in [-0.15, -0.1) is 0 Å². The number of carboxylic acids is 1. The first kappa shape index (κ1) is 17.0. The van der Waals surface area contributed by atoms with Crippen LogP contribution in [0.25, 0.3) is 0 Å². The van der Waals surface area contributed by atoms with Crippen molar-refractivity contribution >= 4 is 17.7 Å². The molecular formula is C15H23N3O3. The van der Waals surface area contributed by atoms with Gasteiger partial charge in [0.15, 0.2) is 0 Å². The molecular weight excluding hydrogens is 270 g/mol. The molecule has 1 rings (SSSR count). The number of anilines is 1. The standard InChI is InChI=1S/C15H23N3O3/c1-4-18(10-6-9-17(2)3)15(21)16-13-8-5-7-12(11-13)14(19)20/h5,7-8,11H,4,6,9-10H2,1-3H3,(H,16,21)(H,19,20). The minimum atomic E-state index is -1.01. The van der Waals surface area contributed by atoms with E-state index in [0.29, 0.717) is 18.8 Å². The van der Waals surface area contributed by atoms with Gasteiger partial charge < -0.3 is 20.2 Å². The van der Waals surface area contributed by atoms with Gasteiger partial charge in [-0.2, -0.15) is 0 Å². The summed E-state index contributed by atoms with van der Waals surface area (Å²) in [6, 6.07) is 6.03. The number of benzene rings is 1. The third-order valence-corrected chi connectivity index (χ3v) is 3.06. The lowest BCUT2D eigenvalue weighted by Crippen LogP contribution is -2.36. The maximum absolute atomic E-state index is 12.2. The molecule has 6 nitrogen and oxygen atoms in total. The molecule has 0 fully saturated rings. The summed E-state index contributed by atoms with van der Waals surface area (Å²) in [6.45, 7) is 4.11. The number of carbonyl (C=O) groups excluding carboxylic acids is 1. The summed E-state index contributed by atoms with van der Waals surface area (Å²) in [5.74, 6) is -1.01. The Balaban J connectivity index is 2.61. The van der Waals surface area contributed by atoms with Crippen LogP contribution in [0.1, 0.15) is 23.7 Å². The van der Waals surface area contributed by atoms with Crippen LogP contribution in [0, 0.1) is 0 Å². The third-order valence-electron chi connectivity index (χ3n) is 3.06. The van der Waals surface area contributed by atoms with E-state index in [1.165, 1.54) is 12.1 Å².